The smallest absolute Gasteiger partial charge is 0.392 e. The van der Waals surface area contributed by atoms with Gasteiger partial charge in [0, 0.05) is 17.6 Å². The van der Waals surface area contributed by atoms with Gasteiger partial charge in [-0.25, -0.2) is 0 Å². The second-order valence-corrected chi connectivity index (χ2v) is 3.28. The first-order valence-corrected chi connectivity index (χ1v) is 4.51. The molecule has 0 aromatic heterocycles. The monoisotopic (exact) mass is 236 g/mol. The molecule has 0 heterocycles. The second kappa shape index (κ2) is 4.71. The molecule has 0 saturated carbocycles. The minimum atomic E-state index is -4.36. The van der Waals surface area contributed by atoms with Crippen molar-refractivity contribution in [3.05, 3.63) is 40.1 Å². The number of allylic oxidation sites excluding steroid dienone is 3. The van der Waals surface area contributed by atoms with E-state index in [4.69, 9.17) is 16.7 Å². The molecule has 0 fully saturated rings. The lowest BCUT2D eigenvalue weighted by atomic mass is 10.1. The van der Waals surface area contributed by atoms with Crippen LogP contribution in [-0.2, 0) is 0 Å². The van der Waals surface area contributed by atoms with Gasteiger partial charge in [0.15, 0.2) is 0 Å². The highest BCUT2D eigenvalue weighted by molar-refractivity contribution is 6.31. The van der Waals surface area contributed by atoms with Crippen molar-refractivity contribution in [3.8, 4) is 0 Å². The van der Waals surface area contributed by atoms with Gasteiger partial charge in [-0.1, -0.05) is 23.8 Å². The average Bonchev–Trinajstić information content (AvgIpc) is 2.10. The van der Waals surface area contributed by atoms with Gasteiger partial charge in [-0.15, -0.1) is 5.73 Å². The molecule has 1 nitrogen and oxygen atoms in total. The van der Waals surface area contributed by atoms with Crippen molar-refractivity contribution in [1.29, 1.82) is 0 Å². The first-order chi connectivity index (χ1) is 6.95. The molecule has 0 radical (unpaired) electrons. The van der Waals surface area contributed by atoms with Crippen molar-refractivity contribution < 1.29 is 18.3 Å². The Balaban J connectivity index is 3.08. The molecule has 82 valence electrons. The molecule has 5 heteroatoms. The fraction of sp³-hybridized carbons (Fsp3) is 0.300. The van der Waals surface area contributed by atoms with E-state index in [0.717, 1.165) is 12.2 Å². The van der Waals surface area contributed by atoms with Crippen molar-refractivity contribution in [3.63, 3.8) is 0 Å². The Morgan fingerprint density at radius 1 is 1.40 bits per heavy atom. The molecule has 0 spiro atoms. The Morgan fingerprint density at radius 3 is 2.60 bits per heavy atom. The Hall–Kier alpha value is -0.960. The lowest BCUT2D eigenvalue weighted by Crippen LogP contribution is -2.11. The zero-order valence-corrected chi connectivity index (χ0v) is 8.36. The normalized spacial score (nSPS) is 17.5. The van der Waals surface area contributed by atoms with E-state index >= 15 is 0 Å². The van der Waals surface area contributed by atoms with E-state index in [9.17, 15) is 13.2 Å². The van der Waals surface area contributed by atoms with Gasteiger partial charge in [0.25, 0.3) is 0 Å². The number of aliphatic hydroxyl groups is 1. The molecule has 1 aliphatic carbocycles. The Kier molecular flexibility index (Phi) is 3.80. The molecule has 0 aromatic carbocycles. The van der Waals surface area contributed by atoms with Crippen molar-refractivity contribution in [1.82, 2.24) is 0 Å². The van der Waals surface area contributed by atoms with Crippen LogP contribution in [0.3, 0.4) is 0 Å². The number of halogens is 4. The minimum absolute atomic E-state index is 0.134. The average molecular weight is 237 g/mol. The first kappa shape index (κ1) is 12.1. The van der Waals surface area contributed by atoms with Gasteiger partial charge in [-0.2, -0.15) is 13.2 Å². The highest BCUT2D eigenvalue weighted by atomic mass is 35.5. The Morgan fingerprint density at radius 2 is 2.07 bits per heavy atom. The molecule has 0 unspecified atom stereocenters. The van der Waals surface area contributed by atoms with Gasteiger partial charge in [0.2, 0.25) is 0 Å². The summed E-state index contributed by atoms with van der Waals surface area (Å²) in [5, 5.41) is 8.96. The molecular formula is C10H8ClF3O. The highest BCUT2D eigenvalue weighted by Crippen LogP contribution is 2.29. The summed E-state index contributed by atoms with van der Waals surface area (Å²) >= 11 is 5.66. The molecule has 0 atom stereocenters. The number of rotatable bonds is 1. The van der Waals surface area contributed by atoms with E-state index in [1.165, 1.54) is 6.08 Å². The van der Waals surface area contributed by atoms with E-state index in [2.05, 4.69) is 5.73 Å². The van der Waals surface area contributed by atoms with E-state index < -0.39 is 18.4 Å². The number of hydrogen-bond acceptors (Lipinski definition) is 1. The third-order valence-corrected chi connectivity index (χ3v) is 2.20. The summed E-state index contributed by atoms with van der Waals surface area (Å²) in [5.41, 5.74) is 2.00. The molecule has 0 aromatic rings. The molecule has 0 aliphatic heterocycles. The largest absolute Gasteiger partial charge is 0.413 e. The van der Waals surface area contributed by atoms with Crippen LogP contribution in [0.1, 0.15) is 6.42 Å². The van der Waals surface area contributed by atoms with Crippen LogP contribution in [0.2, 0.25) is 0 Å². The summed E-state index contributed by atoms with van der Waals surface area (Å²) in [7, 11) is 0. The van der Waals surface area contributed by atoms with Gasteiger partial charge in [0.05, 0.1) is 11.6 Å². The summed E-state index contributed by atoms with van der Waals surface area (Å²) in [6.45, 7) is -0.415. The number of aliphatic hydroxyl groups excluding tert-OH is 1. The van der Waals surface area contributed by atoms with E-state index in [0.29, 0.717) is 0 Å². The topological polar surface area (TPSA) is 20.2 Å². The SMILES string of the molecule is OCC1=CC=C(C(F)(F)F)CC=C=C1Cl. The van der Waals surface area contributed by atoms with Gasteiger partial charge in [-0.3, -0.25) is 0 Å². The Labute approximate surface area is 89.9 Å². The summed E-state index contributed by atoms with van der Waals surface area (Å²) < 4.78 is 37.0. The molecule has 15 heavy (non-hydrogen) atoms. The minimum Gasteiger partial charge on any atom is -0.392 e. The zero-order chi connectivity index (χ0) is 11.5. The zero-order valence-electron chi connectivity index (χ0n) is 7.61. The van der Waals surface area contributed by atoms with Crippen molar-refractivity contribution in [2.75, 3.05) is 6.61 Å². The van der Waals surface area contributed by atoms with Crippen molar-refractivity contribution in [2.24, 2.45) is 0 Å². The molecule has 0 bridgehead atoms. The van der Waals surface area contributed by atoms with Crippen molar-refractivity contribution in [2.45, 2.75) is 12.6 Å². The van der Waals surface area contributed by atoms with Crippen molar-refractivity contribution >= 4 is 11.6 Å². The summed E-state index contributed by atoms with van der Waals surface area (Å²) in [6.07, 6.45) is -1.35. The molecule has 0 saturated heterocycles. The third kappa shape index (κ3) is 3.27. The van der Waals surface area contributed by atoms with Crippen LogP contribution in [0.25, 0.3) is 0 Å². The van der Waals surface area contributed by atoms with E-state index in [1.807, 2.05) is 0 Å². The molecule has 0 amide bonds. The standard InChI is InChI=1S/C10H8ClF3O/c11-9-3-1-2-8(10(12,13)14)5-4-7(9)6-15/h1,4-5,15H,2,6H2. The van der Waals surface area contributed by atoms with Crippen LogP contribution in [0.5, 0.6) is 0 Å². The quantitative estimate of drug-likeness (QED) is 0.694. The van der Waals surface area contributed by atoms with Gasteiger partial charge in [0.1, 0.15) is 0 Å². The molecule has 1 N–H and O–H groups in total. The van der Waals surface area contributed by atoms with Crippen LogP contribution in [-0.4, -0.2) is 17.9 Å². The van der Waals surface area contributed by atoms with Gasteiger partial charge >= 0.3 is 6.18 Å². The predicted molar refractivity (Wildman–Crippen MR) is 51.4 cm³/mol. The van der Waals surface area contributed by atoms with Crippen LogP contribution in [0.4, 0.5) is 13.2 Å². The number of alkyl halides is 3. The van der Waals surface area contributed by atoms with Crippen LogP contribution in [0, 0.1) is 0 Å². The fourth-order valence-corrected chi connectivity index (χ4v) is 1.22. The Bertz CT molecular complexity index is 371. The summed E-state index contributed by atoms with van der Waals surface area (Å²) in [6, 6.07) is 0. The maximum Gasteiger partial charge on any atom is 0.413 e. The maximum absolute atomic E-state index is 12.3. The molecule has 1 rings (SSSR count). The maximum atomic E-state index is 12.3. The predicted octanol–water partition coefficient (Wildman–Crippen LogP) is 3.08. The molecular weight excluding hydrogens is 229 g/mol. The number of hydrogen-bond donors (Lipinski definition) is 1. The summed E-state index contributed by atoms with van der Waals surface area (Å²) in [5.74, 6) is 0. The second-order valence-electron chi connectivity index (χ2n) is 2.91. The molecule has 1 aliphatic rings. The fourth-order valence-electron chi connectivity index (χ4n) is 1.02. The lowest BCUT2D eigenvalue weighted by Gasteiger charge is -2.10. The third-order valence-electron chi connectivity index (χ3n) is 1.85. The van der Waals surface area contributed by atoms with Crippen LogP contribution < -0.4 is 0 Å². The van der Waals surface area contributed by atoms with Gasteiger partial charge < -0.3 is 5.11 Å². The van der Waals surface area contributed by atoms with Gasteiger partial charge in [-0.05, 0) is 6.08 Å². The van der Waals surface area contributed by atoms with E-state index in [-0.39, 0.29) is 17.0 Å². The summed E-state index contributed by atoms with van der Waals surface area (Å²) in [4.78, 5) is 0. The van der Waals surface area contributed by atoms with E-state index in [1.54, 1.807) is 0 Å². The lowest BCUT2D eigenvalue weighted by molar-refractivity contribution is -0.0929. The highest BCUT2D eigenvalue weighted by Gasteiger charge is 2.32. The first-order valence-electron chi connectivity index (χ1n) is 4.14. The van der Waals surface area contributed by atoms with Crippen LogP contribution in [0.15, 0.2) is 40.1 Å². The van der Waals surface area contributed by atoms with Crippen LogP contribution >= 0.6 is 11.6 Å².